The summed E-state index contributed by atoms with van der Waals surface area (Å²) in [6, 6.07) is 0.255. The average molecular weight is 185 g/mol. The van der Waals surface area contributed by atoms with Gasteiger partial charge in [-0.15, -0.1) is 0 Å². The average Bonchev–Trinajstić information content (AvgIpc) is 1.83. The molecule has 0 fully saturated rings. The first kappa shape index (κ1) is 12.5. The smallest absolute Gasteiger partial charge is 0.210 e. The van der Waals surface area contributed by atoms with Crippen LogP contribution in [0.5, 0.6) is 0 Å². The molecule has 0 saturated heterocycles. The molecule has 0 aromatic carbocycles. The SMILES string of the molecule is CC(N(C=O)C(C)(C)C)C(C)(C)C. The molecule has 2 nitrogen and oxygen atoms in total. The maximum absolute atomic E-state index is 11.0. The molecule has 13 heavy (non-hydrogen) atoms. The van der Waals surface area contributed by atoms with Crippen molar-refractivity contribution in [3.05, 3.63) is 0 Å². The van der Waals surface area contributed by atoms with Crippen molar-refractivity contribution in [2.75, 3.05) is 0 Å². The number of carbonyl (C=O) groups excluding carboxylic acids is 1. The van der Waals surface area contributed by atoms with Gasteiger partial charge in [0.2, 0.25) is 6.41 Å². The van der Waals surface area contributed by atoms with E-state index in [-0.39, 0.29) is 17.0 Å². The van der Waals surface area contributed by atoms with Crippen molar-refractivity contribution in [2.24, 2.45) is 5.41 Å². The van der Waals surface area contributed by atoms with E-state index in [1.807, 2.05) is 4.90 Å². The Balaban J connectivity index is 4.71. The van der Waals surface area contributed by atoms with E-state index in [0.29, 0.717) is 0 Å². The number of rotatable bonds is 2. The molecule has 1 atom stereocenters. The third-order valence-electron chi connectivity index (χ3n) is 2.56. The first-order chi connectivity index (χ1) is 5.60. The molecule has 0 saturated carbocycles. The van der Waals surface area contributed by atoms with Crippen LogP contribution in [-0.4, -0.2) is 22.9 Å². The molecule has 0 aliphatic carbocycles. The van der Waals surface area contributed by atoms with E-state index < -0.39 is 0 Å². The second-order valence-corrected chi connectivity index (χ2v) is 5.73. The standard InChI is InChI=1S/C11H23NO/c1-9(10(2,3)4)12(8-13)11(5,6)7/h8-9H,1-7H3. The van der Waals surface area contributed by atoms with Gasteiger partial charge in [-0.3, -0.25) is 4.79 Å². The van der Waals surface area contributed by atoms with Crippen LogP contribution in [0.25, 0.3) is 0 Å². The molecule has 78 valence electrons. The lowest BCUT2D eigenvalue weighted by Crippen LogP contribution is -2.50. The summed E-state index contributed by atoms with van der Waals surface area (Å²) in [5, 5.41) is 0. The largest absolute Gasteiger partial charge is 0.337 e. The summed E-state index contributed by atoms with van der Waals surface area (Å²) in [4.78, 5) is 12.8. The Morgan fingerprint density at radius 1 is 1.08 bits per heavy atom. The van der Waals surface area contributed by atoms with Crippen LogP contribution in [0, 0.1) is 5.41 Å². The van der Waals surface area contributed by atoms with Crippen LogP contribution in [0.2, 0.25) is 0 Å². The predicted molar refractivity (Wildman–Crippen MR) is 56.6 cm³/mol. The van der Waals surface area contributed by atoms with Gasteiger partial charge >= 0.3 is 0 Å². The van der Waals surface area contributed by atoms with Crippen molar-refractivity contribution in [3.63, 3.8) is 0 Å². The first-order valence-electron chi connectivity index (χ1n) is 4.84. The monoisotopic (exact) mass is 185 g/mol. The van der Waals surface area contributed by atoms with E-state index in [1.54, 1.807) is 0 Å². The molecule has 1 amide bonds. The van der Waals surface area contributed by atoms with Crippen molar-refractivity contribution >= 4 is 6.41 Å². The van der Waals surface area contributed by atoms with Crippen LogP contribution < -0.4 is 0 Å². The van der Waals surface area contributed by atoms with E-state index in [9.17, 15) is 4.79 Å². The molecular formula is C11H23NO. The van der Waals surface area contributed by atoms with Gasteiger partial charge in [0.05, 0.1) is 0 Å². The van der Waals surface area contributed by atoms with Crippen LogP contribution in [0.3, 0.4) is 0 Å². The molecule has 0 aliphatic heterocycles. The van der Waals surface area contributed by atoms with Gasteiger partial charge in [-0.05, 0) is 33.1 Å². The lowest BCUT2D eigenvalue weighted by Gasteiger charge is -2.43. The number of hydrogen-bond donors (Lipinski definition) is 0. The summed E-state index contributed by atoms with van der Waals surface area (Å²) in [6.45, 7) is 14.7. The molecule has 0 bridgehead atoms. The van der Waals surface area contributed by atoms with E-state index in [0.717, 1.165) is 6.41 Å². The number of amides is 1. The number of carbonyl (C=O) groups is 1. The van der Waals surface area contributed by atoms with Gasteiger partial charge in [-0.1, -0.05) is 20.8 Å². The molecule has 2 heteroatoms. The molecule has 0 aromatic heterocycles. The Hall–Kier alpha value is -0.530. The highest BCUT2D eigenvalue weighted by molar-refractivity contribution is 5.49. The Labute approximate surface area is 82.3 Å². The maximum Gasteiger partial charge on any atom is 0.210 e. The zero-order valence-corrected chi connectivity index (χ0v) is 10.0. The zero-order valence-electron chi connectivity index (χ0n) is 10.0. The van der Waals surface area contributed by atoms with Crippen molar-refractivity contribution < 1.29 is 4.79 Å². The highest BCUT2D eigenvalue weighted by atomic mass is 16.1. The van der Waals surface area contributed by atoms with E-state index in [2.05, 4.69) is 48.5 Å². The topological polar surface area (TPSA) is 20.3 Å². The Morgan fingerprint density at radius 2 is 1.46 bits per heavy atom. The predicted octanol–water partition coefficient (Wildman–Crippen LogP) is 2.68. The van der Waals surface area contributed by atoms with Crippen molar-refractivity contribution in [1.29, 1.82) is 0 Å². The van der Waals surface area contributed by atoms with Gasteiger partial charge in [-0.25, -0.2) is 0 Å². The first-order valence-corrected chi connectivity index (χ1v) is 4.84. The van der Waals surface area contributed by atoms with Crippen LogP contribution in [0.4, 0.5) is 0 Å². The zero-order chi connectivity index (χ0) is 10.9. The van der Waals surface area contributed by atoms with Crippen LogP contribution in [0.15, 0.2) is 0 Å². The van der Waals surface area contributed by atoms with Gasteiger partial charge in [0.25, 0.3) is 0 Å². The molecule has 0 N–H and O–H groups in total. The minimum absolute atomic E-state index is 0.0888. The minimum atomic E-state index is -0.0888. The summed E-state index contributed by atoms with van der Waals surface area (Å²) >= 11 is 0. The van der Waals surface area contributed by atoms with Crippen molar-refractivity contribution in [3.8, 4) is 0 Å². The Bertz CT molecular complexity index is 174. The summed E-state index contributed by atoms with van der Waals surface area (Å²) in [7, 11) is 0. The lowest BCUT2D eigenvalue weighted by molar-refractivity contribution is -0.127. The van der Waals surface area contributed by atoms with Crippen LogP contribution in [-0.2, 0) is 4.79 Å². The summed E-state index contributed by atoms with van der Waals surface area (Å²) in [5.74, 6) is 0. The Kier molecular flexibility index (Phi) is 3.54. The van der Waals surface area contributed by atoms with Gasteiger partial charge < -0.3 is 4.90 Å². The molecule has 0 radical (unpaired) electrons. The Morgan fingerprint density at radius 3 is 1.54 bits per heavy atom. The summed E-state index contributed by atoms with van der Waals surface area (Å²) in [6.07, 6.45) is 0.954. The van der Waals surface area contributed by atoms with Crippen LogP contribution in [0.1, 0.15) is 48.5 Å². The van der Waals surface area contributed by atoms with Gasteiger partial charge in [0.1, 0.15) is 0 Å². The molecule has 0 spiro atoms. The van der Waals surface area contributed by atoms with E-state index in [1.165, 1.54) is 0 Å². The fraction of sp³-hybridized carbons (Fsp3) is 0.909. The van der Waals surface area contributed by atoms with Gasteiger partial charge in [0, 0.05) is 11.6 Å². The normalized spacial score (nSPS) is 15.3. The summed E-state index contributed by atoms with van der Waals surface area (Å²) in [5.41, 5.74) is 0.0443. The molecule has 0 heterocycles. The molecule has 1 unspecified atom stereocenters. The number of hydrogen-bond acceptors (Lipinski definition) is 1. The molecular weight excluding hydrogens is 162 g/mol. The summed E-state index contributed by atoms with van der Waals surface area (Å²) < 4.78 is 0. The minimum Gasteiger partial charge on any atom is -0.337 e. The van der Waals surface area contributed by atoms with E-state index in [4.69, 9.17) is 0 Å². The van der Waals surface area contributed by atoms with E-state index >= 15 is 0 Å². The highest BCUT2D eigenvalue weighted by Gasteiger charge is 2.31. The van der Waals surface area contributed by atoms with Crippen molar-refractivity contribution in [1.82, 2.24) is 4.90 Å². The van der Waals surface area contributed by atoms with Gasteiger partial charge in [-0.2, -0.15) is 0 Å². The maximum atomic E-state index is 11.0. The second kappa shape index (κ2) is 3.69. The number of nitrogens with zero attached hydrogens (tertiary/aromatic N) is 1. The molecule has 0 rings (SSSR count). The second-order valence-electron chi connectivity index (χ2n) is 5.73. The van der Waals surface area contributed by atoms with Crippen LogP contribution >= 0.6 is 0 Å². The highest BCUT2D eigenvalue weighted by Crippen LogP contribution is 2.27. The lowest BCUT2D eigenvalue weighted by atomic mass is 9.85. The van der Waals surface area contributed by atoms with Gasteiger partial charge in [0.15, 0.2) is 0 Å². The fourth-order valence-corrected chi connectivity index (χ4v) is 1.25. The quantitative estimate of drug-likeness (QED) is 0.606. The fourth-order valence-electron chi connectivity index (χ4n) is 1.25. The molecule has 0 aliphatic rings. The third kappa shape index (κ3) is 3.37. The third-order valence-corrected chi connectivity index (χ3v) is 2.56. The molecule has 0 aromatic rings. The van der Waals surface area contributed by atoms with Crippen molar-refractivity contribution in [2.45, 2.75) is 60.0 Å².